The molecule has 3 atom stereocenters. The van der Waals surface area contributed by atoms with Gasteiger partial charge in [0.05, 0.1) is 11.8 Å². The maximum atomic E-state index is 13.8. The van der Waals surface area contributed by atoms with E-state index >= 15 is 0 Å². The quantitative estimate of drug-likeness (QED) is 0.542. The van der Waals surface area contributed by atoms with Crippen molar-refractivity contribution in [3.05, 3.63) is 64.7 Å². The molecule has 0 saturated carbocycles. The molecule has 39 heavy (non-hydrogen) atoms. The molecule has 4 aliphatic rings. The van der Waals surface area contributed by atoms with Crippen molar-refractivity contribution in [1.82, 2.24) is 9.80 Å². The van der Waals surface area contributed by atoms with Gasteiger partial charge < -0.3 is 20.1 Å². The van der Waals surface area contributed by atoms with Gasteiger partial charge in [-0.1, -0.05) is 19.1 Å². The highest BCUT2D eigenvalue weighted by Gasteiger charge is 2.42. The Kier molecular flexibility index (Phi) is 7.48. The number of rotatable bonds is 6. The number of hydrogen-bond donors (Lipinski definition) is 2. The van der Waals surface area contributed by atoms with E-state index in [-0.39, 0.29) is 17.4 Å². The van der Waals surface area contributed by atoms with Crippen LogP contribution in [0.2, 0.25) is 0 Å². The third kappa shape index (κ3) is 5.36. The van der Waals surface area contributed by atoms with E-state index in [4.69, 9.17) is 9.73 Å². The standard InChI is InChI=1S/C31H40F2N4O2/c1-3-26-29(22-15-23(32)17-24(33)16-22)39-30(35-26)37-10-6-21(7-11-37)28(38)18-36-12-8-31(9-13-36)19-34-27-14-20(2)4-5-25(27)31/h4-5,14-17,21,28-30,34,38H,3,6-13,18-19H2,1-2H3. The summed E-state index contributed by atoms with van der Waals surface area (Å²) in [6.45, 7) is 9.45. The minimum absolute atomic E-state index is 0.226. The van der Waals surface area contributed by atoms with Crippen LogP contribution in [0.15, 0.2) is 41.4 Å². The minimum atomic E-state index is -0.606. The molecule has 6 rings (SSSR count). The third-order valence-electron chi connectivity index (χ3n) is 9.44. The third-order valence-corrected chi connectivity index (χ3v) is 9.44. The number of nitrogens with zero attached hydrogens (tertiary/aromatic N) is 3. The maximum Gasteiger partial charge on any atom is 0.207 e. The van der Waals surface area contributed by atoms with Gasteiger partial charge in [-0.2, -0.15) is 0 Å². The van der Waals surface area contributed by atoms with E-state index in [1.165, 1.54) is 28.9 Å². The summed E-state index contributed by atoms with van der Waals surface area (Å²) in [4.78, 5) is 9.39. The van der Waals surface area contributed by atoms with Crippen LogP contribution in [0.1, 0.15) is 61.8 Å². The van der Waals surface area contributed by atoms with Crippen LogP contribution in [0.4, 0.5) is 14.5 Å². The number of likely N-dealkylation sites (tertiary alicyclic amines) is 2. The van der Waals surface area contributed by atoms with Gasteiger partial charge in [-0.25, -0.2) is 13.8 Å². The number of aliphatic hydroxyl groups excluding tert-OH is 1. The van der Waals surface area contributed by atoms with Crippen molar-refractivity contribution in [2.75, 3.05) is 44.6 Å². The number of aryl methyl sites for hydroxylation is 1. The number of hydrogen-bond acceptors (Lipinski definition) is 6. The molecule has 0 aliphatic carbocycles. The number of halogens is 2. The number of β-amino-alcohol motifs (C(OH)–C–C–N with tert-alkyl or cyclic N) is 1. The Bertz CT molecular complexity index is 1200. The van der Waals surface area contributed by atoms with Crippen molar-refractivity contribution in [3.8, 4) is 0 Å². The number of benzene rings is 2. The van der Waals surface area contributed by atoms with E-state index in [1.807, 2.05) is 6.92 Å². The Morgan fingerprint density at radius 1 is 1.08 bits per heavy atom. The predicted octanol–water partition coefficient (Wildman–Crippen LogP) is 5.01. The molecule has 1 spiro atoms. The van der Waals surface area contributed by atoms with Crippen molar-refractivity contribution >= 4 is 11.4 Å². The van der Waals surface area contributed by atoms with E-state index in [2.05, 4.69) is 40.2 Å². The molecule has 8 heteroatoms. The van der Waals surface area contributed by atoms with Gasteiger partial charge in [0.2, 0.25) is 6.35 Å². The zero-order valence-corrected chi connectivity index (χ0v) is 23.0. The first-order valence-electron chi connectivity index (χ1n) is 14.5. The Labute approximate surface area is 230 Å². The summed E-state index contributed by atoms with van der Waals surface area (Å²) in [7, 11) is 0. The number of aliphatic hydroxyl groups is 1. The van der Waals surface area contributed by atoms with Crippen LogP contribution in [0.3, 0.4) is 0 Å². The largest absolute Gasteiger partial charge is 0.392 e. The van der Waals surface area contributed by atoms with E-state index in [9.17, 15) is 13.9 Å². The topological polar surface area (TPSA) is 60.3 Å². The molecule has 2 saturated heterocycles. The average Bonchev–Trinajstić information content (AvgIpc) is 3.51. The Morgan fingerprint density at radius 3 is 2.49 bits per heavy atom. The number of anilines is 1. The zero-order chi connectivity index (χ0) is 27.1. The van der Waals surface area contributed by atoms with Gasteiger partial charge in [0.15, 0.2) is 0 Å². The highest BCUT2D eigenvalue weighted by Crippen LogP contribution is 2.44. The summed E-state index contributed by atoms with van der Waals surface area (Å²) < 4.78 is 33.9. The molecule has 4 aliphatic heterocycles. The van der Waals surface area contributed by atoms with Crippen LogP contribution in [-0.2, 0) is 10.2 Å². The SMILES string of the molecule is CCC1=NC(N2CCC(C(O)CN3CCC4(CC3)CNc3cc(C)ccc34)CC2)OC1c1cc(F)cc(F)c1. The van der Waals surface area contributed by atoms with E-state index < -0.39 is 24.1 Å². The number of piperidine rings is 2. The minimum Gasteiger partial charge on any atom is -0.392 e. The lowest BCUT2D eigenvalue weighted by molar-refractivity contribution is -0.0785. The van der Waals surface area contributed by atoms with Crippen LogP contribution in [0, 0.1) is 24.5 Å². The van der Waals surface area contributed by atoms with Crippen molar-refractivity contribution in [3.63, 3.8) is 0 Å². The number of ether oxygens (including phenoxy) is 1. The normalized spacial score (nSPS) is 26.4. The van der Waals surface area contributed by atoms with Crippen LogP contribution < -0.4 is 5.32 Å². The fourth-order valence-corrected chi connectivity index (χ4v) is 7.06. The van der Waals surface area contributed by atoms with E-state index in [1.54, 1.807) is 0 Å². The molecule has 2 aromatic carbocycles. The molecule has 2 aromatic rings. The highest BCUT2D eigenvalue weighted by molar-refractivity contribution is 5.90. The van der Waals surface area contributed by atoms with Crippen LogP contribution in [-0.4, -0.2) is 72.3 Å². The first-order valence-corrected chi connectivity index (χ1v) is 14.5. The van der Waals surface area contributed by atoms with E-state index in [0.717, 1.165) is 76.7 Å². The lowest BCUT2D eigenvalue weighted by Crippen LogP contribution is -2.49. The smallest absolute Gasteiger partial charge is 0.207 e. The van der Waals surface area contributed by atoms with Crippen molar-refractivity contribution in [2.24, 2.45) is 10.9 Å². The fraction of sp³-hybridized carbons (Fsp3) is 0.581. The molecule has 0 radical (unpaired) electrons. The van der Waals surface area contributed by atoms with Crippen molar-refractivity contribution in [2.45, 2.75) is 69.9 Å². The lowest BCUT2D eigenvalue weighted by atomic mass is 9.74. The Balaban J connectivity index is 0.997. The summed E-state index contributed by atoms with van der Waals surface area (Å²) in [5.41, 5.74) is 5.56. The van der Waals surface area contributed by atoms with Gasteiger partial charge in [0.1, 0.15) is 17.7 Å². The van der Waals surface area contributed by atoms with E-state index in [0.29, 0.717) is 12.0 Å². The van der Waals surface area contributed by atoms with Crippen LogP contribution in [0.25, 0.3) is 0 Å². The molecule has 0 amide bonds. The van der Waals surface area contributed by atoms with Crippen LogP contribution >= 0.6 is 0 Å². The highest BCUT2D eigenvalue weighted by atomic mass is 19.1. The summed E-state index contributed by atoms with van der Waals surface area (Å²) in [5.74, 6) is -0.963. The summed E-state index contributed by atoms with van der Waals surface area (Å²) in [6.07, 6.45) is 3.34. The molecule has 2 fully saturated rings. The molecule has 210 valence electrons. The summed E-state index contributed by atoms with van der Waals surface area (Å²) in [5, 5.41) is 14.8. The lowest BCUT2D eigenvalue weighted by Gasteiger charge is -2.42. The summed E-state index contributed by atoms with van der Waals surface area (Å²) in [6, 6.07) is 10.3. The molecule has 6 nitrogen and oxygen atoms in total. The monoisotopic (exact) mass is 538 g/mol. The van der Waals surface area contributed by atoms with Gasteiger partial charge in [0, 0.05) is 43.3 Å². The zero-order valence-electron chi connectivity index (χ0n) is 23.0. The number of nitrogens with one attached hydrogen (secondary N) is 1. The number of fused-ring (bicyclic) bond motifs is 2. The molecule has 2 N–H and O–H groups in total. The second kappa shape index (κ2) is 10.9. The molecule has 0 bridgehead atoms. The van der Waals surface area contributed by atoms with Crippen molar-refractivity contribution in [1.29, 1.82) is 0 Å². The molecule has 3 unspecified atom stereocenters. The molecular weight excluding hydrogens is 498 g/mol. The predicted molar refractivity (Wildman–Crippen MR) is 149 cm³/mol. The molecule has 0 aromatic heterocycles. The van der Waals surface area contributed by atoms with Gasteiger partial charge in [-0.3, -0.25) is 4.90 Å². The second-order valence-electron chi connectivity index (χ2n) is 11.9. The van der Waals surface area contributed by atoms with Crippen molar-refractivity contribution < 1.29 is 18.6 Å². The Morgan fingerprint density at radius 2 is 1.79 bits per heavy atom. The van der Waals surface area contributed by atoms with Gasteiger partial charge in [0.25, 0.3) is 0 Å². The second-order valence-corrected chi connectivity index (χ2v) is 11.9. The van der Waals surface area contributed by atoms with Gasteiger partial charge in [-0.15, -0.1) is 0 Å². The summed E-state index contributed by atoms with van der Waals surface area (Å²) >= 11 is 0. The molecular formula is C31H40F2N4O2. The first-order chi connectivity index (χ1) is 18.8. The van der Waals surface area contributed by atoms with Crippen LogP contribution in [0.5, 0.6) is 0 Å². The first kappa shape index (κ1) is 26.8. The fourth-order valence-electron chi connectivity index (χ4n) is 7.06. The maximum absolute atomic E-state index is 13.8. The molecule has 4 heterocycles. The Hall–Kier alpha value is -2.39. The number of aliphatic imine (C=N–C) groups is 1. The van der Waals surface area contributed by atoms with Gasteiger partial charge >= 0.3 is 0 Å². The average molecular weight is 539 g/mol. The van der Waals surface area contributed by atoms with Gasteiger partial charge in [-0.05, 0) is 92.9 Å².